The minimum Gasteiger partial charge on any atom is -0.493 e. The number of hydrogen-bond donors (Lipinski definition) is 4. The van der Waals surface area contributed by atoms with Crippen LogP contribution in [0.4, 0.5) is 0 Å². The molecule has 0 heterocycles. The van der Waals surface area contributed by atoms with E-state index in [1.165, 1.54) is 14.2 Å². The zero-order valence-electron chi connectivity index (χ0n) is 20.1. The lowest BCUT2D eigenvalue weighted by Gasteiger charge is -2.12. The molecule has 12 heteroatoms. The molecule has 36 heavy (non-hydrogen) atoms. The van der Waals surface area contributed by atoms with Gasteiger partial charge in [0, 0.05) is 12.1 Å². The zero-order valence-corrected chi connectivity index (χ0v) is 21.7. The van der Waals surface area contributed by atoms with Crippen molar-refractivity contribution in [3.63, 3.8) is 0 Å². The molecule has 0 aliphatic heterocycles. The van der Waals surface area contributed by atoms with E-state index in [1.807, 2.05) is 42.5 Å². The minimum atomic E-state index is -4.05. The molecule has 3 aromatic rings. The Kier molecular flexibility index (Phi) is 10.6. The molecule has 0 aromatic heterocycles. The third-order valence-electron chi connectivity index (χ3n) is 5.11. The summed E-state index contributed by atoms with van der Waals surface area (Å²) in [6.45, 7) is 0. The first kappa shape index (κ1) is 29.5. The van der Waals surface area contributed by atoms with Gasteiger partial charge in [-0.3, -0.25) is 9.11 Å². The number of rotatable bonds is 10. The summed E-state index contributed by atoms with van der Waals surface area (Å²) in [6, 6.07) is 17.7. The van der Waals surface area contributed by atoms with Gasteiger partial charge in [0.05, 0.1) is 25.7 Å². The van der Waals surface area contributed by atoms with Crippen molar-refractivity contribution in [2.24, 2.45) is 11.5 Å². The number of nitrogens with two attached hydrogens (primary N) is 2. The second-order valence-electron chi connectivity index (χ2n) is 8.30. The standard InChI is InChI=1S/C13H15NO3S.C11H17NO5S/c14-13(9-18(15,16)17)8-10-5-6-11-3-1-2-4-12(11)7-10;1-16-10-4-3-8(6-11(10)17-2)5-9(12)7-18(13,14)15/h1-7,13H,8-9,14H2,(H,15,16,17);3-4,6,9H,5,7,12H2,1-2H3,(H,13,14,15)/t13-;9-/m00/s1. The topological polar surface area (TPSA) is 179 Å². The van der Waals surface area contributed by atoms with Crippen LogP contribution < -0.4 is 20.9 Å². The summed E-state index contributed by atoms with van der Waals surface area (Å²) in [6.07, 6.45) is 0.741. The van der Waals surface area contributed by atoms with Crippen LogP contribution in [-0.4, -0.2) is 63.8 Å². The fourth-order valence-corrected chi connectivity index (χ4v) is 4.96. The molecule has 0 aliphatic rings. The van der Waals surface area contributed by atoms with Crippen molar-refractivity contribution in [3.05, 3.63) is 71.8 Å². The van der Waals surface area contributed by atoms with E-state index in [1.54, 1.807) is 18.2 Å². The molecule has 0 spiro atoms. The fourth-order valence-electron chi connectivity index (χ4n) is 3.64. The second kappa shape index (κ2) is 13.0. The molecule has 0 unspecified atom stereocenters. The second-order valence-corrected chi connectivity index (χ2v) is 11.3. The SMILES string of the molecule is COc1ccc(C[C@H](N)CS(=O)(=O)O)cc1OC.N[C@@H](Cc1ccc2ccccc2c1)CS(=O)(=O)O. The Morgan fingerprint density at radius 1 is 0.694 bits per heavy atom. The molecule has 0 radical (unpaired) electrons. The number of ether oxygens (including phenoxy) is 2. The van der Waals surface area contributed by atoms with E-state index < -0.39 is 43.8 Å². The van der Waals surface area contributed by atoms with Crippen molar-refractivity contribution in [3.8, 4) is 11.5 Å². The first-order valence-corrected chi connectivity index (χ1v) is 14.1. The van der Waals surface area contributed by atoms with Gasteiger partial charge in [-0.1, -0.05) is 48.5 Å². The first-order valence-electron chi connectivity index (χ1n) is 10.9. The zero-order chi connectivity index (χ0) is 26.9. The molecule has 0 fully saturated rings. The predicted molar refractivity (Wildman–Crippen MR) is 140 cm³/mol. The molecule has 0 bridgehead atoms. The van der Waals surface area contributed by atoms with Crippen LogP contribution in [0.2, 0.25) is 0 Å². The molecule has 0 aliphatic carbocycles. The molecule has 2 atom stereocenters. The van der Waals surface area contributed by atoms with E-state index in [0.717, 1.165) is 21.9 Å². The highest BCUT2D eigenvalue weighted by molar-refractivity contribution is 7.86. The van der Waals surface area contributed by atoms with Crippen molar-refractivity contribution in [2.45, 2.75) is 24.9 Å². The molecule has 198 valence electrons. The van der Waals surface area contributed by atoms with Gasteiger partial charge in [0.2, 0.25) is 0 Å². The van der Waals surface area contributed by atoms with Crippen LogP contribution in [0.3, 0.4) is 0 Å². The van der Waals surface area contributed by atoms with E-state index in [9.17, 15) is 16.8 Å². The van der Waals surface area contributed by atoms with Gasteiger partial charge in [0.15, 0.2) is 11.5 Å². The normalized spacial score (nSPS) is 13.4. The van der Waals surface area contributed by atoms with Gasteiger partial charge in [0.1, 0.15) is 0 Å². The summed E-state index contributed by atoms with van der Waals surface area (Å²) in [7, 11) is -5.02. The maximum Gasteiger partial charge on any atom is 0.266 e. The lowest BCUT2D eigenvalue weighted by molar-refractivity contribution is 0.354. The third-order valence-corrected chi connectivity index (χ3v) is 6.81. The Balaban J connectivity index is 0.000000254. The molecule has 10 nitrogen and oxygen atoms in total. The summed E-state index contributed by atoms with van der Waals surface area (Å²) in [5.41, 5.74) is 13.1. The van der Waals surface area contributed by atoms with Crippen molar-refractivity contribution in [2.75, 3.05) is 25.7 Å². The van der Waals surface area contributed by atoms with Crippen LogP contribution in [0, 0.1) is 0 Å². The summed E-state index contributed by atoms with van der Waals surface area (Å²) >= 11 is 0. The lowest BCUT2D eigenvalue weighted by atomic mass is 10.0. The van der Waals surface area contributed by atoms with Gasteiger partial charge in [-0.15, -0.1) is 0 Å². The van der Waals surface area contributed by atoms with Gasteiger partial charge in [-0.25, -0.2) is 0 Å². The third kappa shape index (κ3) is 10.5. The molecule has 3 aromatic carbocycles. The molecule has 0 amide bonds. The minimum absolute atomic E-state index is 0.320. The number of methoxy groups -OCH3 is 2. The predicted octanol–water partition coefficient (Wildman–Crippen LogP) is 2.06. The summed E-state index contributed by atoms with van der Waals surface area (Å²) in [4.78, 5) is 0. The fraction of sp³-hybridized carbons (Fsp3) is 0.333. The number of benzene rings is 3. The molecule has 3 rings (SSSR count). The molecular formula is C24H32N2O8S2. The highest BCUT2D eigenvalue weighted by atomic mass is 32.2. The van der Waals surface area contributed by atoms with E-state index in [0.29, 0.717) is 24.3 Å². The smallest absolute Gasteiger partial charge is 0.266 e. The Labute approximate surface area is 211 Å². The largest absolute Gasteiger partial charge is 0.493 e. The first-order chi connectivity index (χ1) is 16.8. The average molecular weight is 541 g/mol. The van der Waals surface area contributed by atoms with Crippen LogP contribution >= 0.6 is 0 Å². The van der Waals surface area contributed by atoms with Crippen molar-refractivity contribution in [1.29, 1.82) is 0 Å². The number of hydrogen-bond acceptors (Lipinski definition) is 8. The summed E-state index contributed by atoms with van der Waals surface area (Å²) in [5, 5.41) is 2.22. The maximum atomic E-state index is 10.7. The average Bonchev–Trinajstić information content (AvgIpc) is 2.76. The van der Waals surface area contributed by atoms with Crippen molar-refractivity contribution < 1.29 is 35.4 Å². The Morgan fingerprint density at radius 3 is 1.67 bits per heavy atom. The van der Waals surface area contributed by atoms with Gasteiger partial charge < -0.3 is 20.9 Å². The molecule has 6 N–H and O–H groups in total. The summed E-state index contributed by atoms with van der Waals surface area (Å²) in [5.74, 6) is 0.250. The van der Waals surface area contributed by atoms with Crippen LogP contribution in [0.15, 0.2) is 60.7 Å². The van der Waals surface area contributed by atoms with Crippen LogP contribution in [0.25, 0.3) is 10.8 Å². The monoisotopic (exact) mass is 540 g/mol. The van der Waals surface area contributed by atoms with Gasteiger partial charge >= 0.3 is 0 Å². The Bertz CT molecular complexity index is 1360. The van der Waals surface area contributed by atoms with Crippen LogP contribution in [0.5, 0.6) is 11.5 Å². The number of fused-ring (bicyclic) bond motifs is 1. The van der Waals surface area contributed by atoms with E-state index in [4.69, 9.17) is 30.0 Å². The van der Waals surface area contributed by atoms with E-state index in [2.05, 4.69) is 0 Å². The van der Waals surface area contributed by atoms with Gasteiger partial charge in [-0.2, -0.15) is 16.8 Å². The quantitative estimate of drug-likeness (QED) is 0.278. The van der Waals surface area contributed by atoms with Crippen molar-refractivity contribution in [1.82, 2.24) is 0 Å². The van der Waals surface area contributed by atoms with Crippen LogP contribution in [-0.2, 0) is 33.1 Å². The molecular weight excluding hydrogens is 508 g/mol. The van der Waals surface area contributed by atoms with Gasteiger partial charge in [0.25, 0.3) is 20.2 Å². The summed E-state index contributed by atoms with van der Waals surface area (Å²) < 4.78 is 70.4. The van der Waals surface area contributed by atoms with Crippen LogP contribution in [0.1, 0.15) is 11.1 Å². The van der Waals surface area contributed by atoms with Gasteiger partial charge in [-0.05, 0) is 46.9 Å². The lowest BCUT2D eigenvalue weighted by Crippen LogP contribution is -2.31. The highest BCUT2D eigenvalue weighted by Crippen LogP contribution is 2.28. The highest BCUT2D eigenvalue weighted by Gasteiger charge is 2.15. The van der Waals surface area contributed by atoms with Crippen molar-refractivity contribution >= 4 is 31.0 Å². The van der Waals surface area contributed by atoms with E-state index in [-0.39, 0.29) is 0 Å². The Hall–Kier alpha value is -2.74. The Morgan fingerprint density at radius 2 is 1.17 bits per heavy atom. The molecule has 0 saturated heterocycles. The van der Waals surface area contributed by atoms with E-state index >= 15 is 0 Å². The molecule has 0 saturated carbocycles. The maximum absolute atomic E-state index is 10.7.